The smallest absolute Gasteiger partial charge is 0.176 e. The van der Waals surface area contributed by atoms with Crippen LogP contribution in [0.25, 0.3) is 22.3 Å². The van der Waals surface area contributed by atoms with Gasteiger partial charge in [-0.1, -0.05) is 67.9 Å². The molecule has 6 aromatic carbocycles. The van der Waals surface area contributed by atoms with Crippen LogP contribution in [-0.4, -0.2) is 71.5 Å². The molecule has 0 saturated carbocycles. The van der Waals surface area contributed by atoms with Gasteiger partial charge in [0.05, 0.1) is 34.4 Å². The van der Waals surface area contributed by atoms with Crippen LogP contribution >= 0.6 is 11.6 Å². The van der Waals surface area contributed by atoms with Crippen molar-refractivity contribution in [1.82, 2.24) is 9.80 Å². The summed E-state index contributed by atoms with van der Waals surface area (Å²) in [7, 11) is 0. The first kappa shape index (κ1) is 52.5. The van der Waals surface area contributed by atoms with Gasteiger partial charge in [-0.25, -0.2) is 8.78 Å². The molecule has 4 aliphatic rings. The van der Waals surface area contributed by atoms with E-state index in [9.17, 15) is 25.1 Å². The summed E-state index contributed by atoms with van der Waals surface area (Å²) in [5.41, 5.74) is 7.15. The van der Waals surface area contributed by atoms with Crippen molar-refractivity contribution in [3.63, 3.8) is 0 Å². The Morgan fingerprint density at radius 3 is 1.55 bits per heavy atom. The number of phenolic OH excluding ortho intramolecular Hbond substituents is 2. The molecular formula is C62H61ClF2N4O6. The second-order valence-electron chi connectivity index (χ2n) is 20.3. The van der Waals surface area contributed by atoms with E-state index < -0.39 is 35.3 Å². The number of benzene rings is 6. The average molecular weight is 1030 g/mol. The number of halogens is 3. The average Bonchev–Trinajstić information content (AvgIpc) is 4.08. The Hall–Kier alpha value is -7.35. The Kier molecular flexibility index (Phi) is 15.8. The number of ether oxygens (including phenoxy) is 4. The lowest BCUT2D eigenvalue weighted by molar-refractivity contribution is 0.169. The number of hydrogen-bond donors (Lipinski definition) is 2. The zero-order valence-electron chi connectivity index (χ0n) is 43.0. The summed E-state index contributed by atoms with van der Waals surface area (Å²) >= 11 is 6.16. The van der Waals surface area contributed by atoms with Crippen molar-refractivity contribution in [2.24, 2.45) is 11.8 Å². The number of allylic oxidation sites excluding steroid dienone is 2. The lowest BCUT2D eigenvalue weighted by Crippen LogP contribution is -2.35. The van der Waals surface area contributed by atoms with Gasteiger partial charge in [0.25, 0.3) is 0 Å². The number of phenols is 2. The molecule has 2 unspecified atom stereocenters. The Bertz CT molecular complexity index is 3220. The Labute approximate surface area is 443 Å². The predicted octanol–water partition coefficient (Wildman–Crippen LogP) is 13.8. The normalized spacial score (nSPS) is 20.1. The van der Waals surface area contributed by atoms with E-state index in [4.69, 9.17) is 30.5 Å². The largest absolute Gasteiger partial charge is 0.505 e. The molecule has 75 heavy (non-hydrogen) atoms. The molecule has 0 aliphatic carbocycles. The van der Waals surface area contributed by atoms with Gasteiger partial charge in [-0.3, -0.25) is 9.80 Å². The fourth-order valence-electron chi connectivity index (χ4n) is 10.6. The monoisotopic (exact) mass is 1030 g/mol. The maximum Gasteiger partial charge on any atom is 0.176 e. The molecule has 2 saturated heterocycles. The van der Waals surface area contributed by atoms with Crippen LogP contribution in [-0.2, 0) is 0 Å². The number of rotatable bonds is 12. The fourth-order valence-corrected chi connectivity index (χ4v) is 10.8. The van der Waals surface area contributed by atoms with Crippen molar-refractivity contribution in [1.29, 1.82) is 10.5 Å². The van der Waals surface area contributed by atoms with Gasteiger partial charge in [0.2, 0.25) is 0 Å². The lowest BCUT2D eigenvalue weighted by Gasteiger charge is -2.32. The highest BCUT2D eigenvalue weighted by Gasteiger charge is 2.35. The van der Waals surface area contributed by atoms with Gasteiger partial charge in [0.15, 0.2) is 23.1 Å². The Morgan fingerprint density at radius 1 is 0.640 bits per heavy atom. The van der Waals surface area contributed by atoms with Crippen molar-refractivity contribution >= 4 is 33.9 Å². The first-order valence-electron chi connectivity index (χ1n) is 25.5. The highest BCUT2D eigenvalue weighted by molar-refractivity contribution is 6.30. The molecule has 0 aromatic heterocycles. The van der Waals surface area contributed by atoms with E-state index in [2.05, 4.69) is 49.6 Å². The maximum atomic E-state index is 15.1. The first-order chi connectivity index (χ1) is 36.1. The van der Waals surface area contributed by atoms with Gasteiger partial charge in [0, 0.05) is 41.3 Å². The van der Waals surface area contributed by atoms with Gasteiger partial charge in [-0.2, -0.15) is 10.5 Å². The van der Waals surface area contributed by atoms with Crippen LogP contribution in [0.2, 0.25) is 5.02 Å². The fraction of sp³-hybridized carbons (Fsp3) is 0.323. The van der Waals surface area contributed by atoms with Gasteiger partial charge in [-0.05, 0) is 172 Å². The van der Waals surface area contributed by atoms with Crippen LogP contribution in [0.5, 0.6) is 34.5 Å². The summed E-state index contributed by atoms with van der Waals surface area (Å²) in [4.78, 5) is 4.93. The number of nitriles is 2. The topological polar surface area (TPSA) is 131 Å². The Balaban J connectivity index is 0.000000184. The molecule has 6 atom stereocenters. The van der Waals surface area contributed by atoms with E-state index in [0.29, 0.717) is 75.2 Å². The van der Waals surface area contributed by atoms with Gasteiger partial charge >= 0.3 is 0 Å². The van der Waals surface area contributed by atoms with E-state index in [1.807, 2.05) is 67.6 Å². The zero-order chi connectivity index (χ0) is 53.1. The standard InChI is InChI=1S/C31H30ClFN2O3.C31H31FN2O3/c1-18-12-13-35(16-18)19(2)17-37-24-7-4-21(5-8-24)31-28(25-9-6-23(32)14-22(25)15-34)20(3)29-27(38-31)11-10-26(36)30(29)33;1-19-14-15-34(17-19)20(2)18-36-25-10-8-24(9-11-25)31-28(23-6-4-22(16-33)5-7-23)21(3)29-27(37-31)13-12-26(35)30(29)32/h4-11,14,18-19,31,36H,12-13,16-17H2,1-3H3;4-13,19-20,31,35H,14-15,17-18H2,1-3H3/t18-,19+,31?;19-,20+,31?/m11/s1. The molecule has 10 nitrogen and oxygen atoms in total. The number of aromatic hydroxyl groups is 2. The Morgan fingerprint density at radius 2 is 1.11 bits per heavy atom. The second kappa shape index (κ2) is 22.6. The summed E-state index contributed by atoms with van der Waals surface area (Å²) in [6.07, 6.45) is 1.35. The van der Waals surface area contributed by atoms with Crippen LogP contribution in [0.15, 0.2) is 115 Å². The van der Waals surface area contributed by atoms with Gasteiger partial charge in [0.1, 0.15) is 48.4 Å². The van der Waals surface area contributed by atoms with E-state index in [-0.39, 0.29) is 11.1 Å². The highest BCUT2D eigenvalue weighted by Crippen LogP contribution is 2.51. The second-order valence-corrected chi connectivity index (χ2v) is 20.8. The summed E-state index contributed by atoms with van der Waals surface area (Å²) < 4.78 is 54.9. The number of nitrogens with zero attached hydrogens (tertiary/aromatic N) is 4. The zero-order valence-corrected chi connectivity index (χ0v) is 43.8. The molecule has 0 spiro atoms. The highest BCUT2D eigenvalue weighted by atomic mass is 35.5. The lowest BCUT2D eigenvalue weighted by atomic mass is 9.84. The van der Waals surface area contributed by atoms with Crippen LogP contribution in [0.4, 0.5) is 8.78 Å². The van der Waals surface area contributed by atoms with Crippen LogP contribution in [0.3, 0.4) is 0 Å². The van der Waals surface area contributed by atoms with E-state index in [0.717, 1.165) is 71.8 Å². The van der Waals surface area contributed by atoms with Gasteiger partial charge < -0.3 is 29.2 Å². The molecule has 0 bridgehead atoms. The van der Waals surface area contributed by atoms with Crippen molar-refractivity contribution in [2.75, 3.05) is 39.4 Å². The van der Waals surface area contributed by atoms with E-state index in [1.165, 1.54) is 25.0 Å². The molecule has 6 aromatic rings. The van der Waals surface area contributed by atoms with Crippen molar-refractivity contribution < 1.29 is 37.9 Å². The van der Waals surface area contributed by atoms with E-state index >= 15 is 4.39 Å². The third-order valence-corrected chi connectivity index (χ3v) is 15.2. The number of hydrogen-bond acceptors (Lipinski definition) is 10. The minimum atomic E-state index is -0.756. The van der Waals surface area contributed by atoms with Crippen molar-refractivity contribution in [2.45, 2.75) is 78.7 Å². The third-order valence-electron chi connectivity index (χ3n) is 15.0. The van der Waals surface area contributed by atoms with Crippen LogP contribution in [0.1, 0.15) is 111 Å². The molecule has 4 heterocycles. The summed E-state index contributed by atoms with van der Waals surface area (Å²) in [6, 6.07) is 38.5. The molecule has 4 aliphatic heterocycles. The van der Waals surface area contributed by atoms with E-state index in [1.54, 1.807) is 49.4 Å². The van der Waals surface area contributed by atoms with Crippen LogP contribution in [0, 0.1) is 46.1 Å². The molecule has 0 radical (unpaired) electrons. The minimum Gasteiger partial charge on any atom is -0.505 e. The summed E-state index contributed by atoms with van der Waals surface area (Å²) in [6.45, 7) is 18.2. The minimum absolute atomic E-state index is 0.181. The number of fused-ring (bicyclic) bond motifs is 2. The molecule has 2 N–H and O–H groups in total. The van der Waals surface area contributed by atoms with Crippen molar-refractivity contribution in [3.05, 3.63) is 176 Å². The third kappa shape index (κ3) is 11.2. The SMILES string of the molecule is CC1=C(c2ccc(C#N)cc2)C(c2ccc(OC[C@H](C)N3CC[C@@H](C)C3)cc2)Oc2ccc(O)c(F)c21.CC1=C(c2ccc(Cl)cc2C#N)C(c2ccc(OC[C@H](C)N3CC[C@@H](C)C3)cc2)Oc2ccc(O)c(F)c21. The summed E-state index contributed by atoms with van der Waals surface area (Å²) in [5.74, 6) is 1.38. The molecule has 2 fully saturated rings. The predicted molar refractivity (Wildman–Crippen MR) is 289 cm³/mol. The molecule has 386 valence electrons. The van der Waals surface area contributed by atoms with Gasteiger partial charge in [-0.15, -0.1) is 0 Å². The maximum absolute atomic E-state index is 15.1. The molecule has 10 rings (SSSR count). The van der Waals surface area contributed by atoms with Crippen LogP contribution < -0.4 is 18.9 Å². The number of likely N-dealkylation sites (tertiary alicyclic amines) is 2. The molecular weight excluding hydrogens is 970 g/mol. The molecule has 0 amide bonds. The summed E-state index contributed by atoms with van der Waals surface area (Å²) in [5, 5.41) is 39.5. The van der Waals surface area contributed by atoms with Crippen molar-refractivity contribution in [3.8, 4) is 46.6 Å². The quantitative estimate of drug-likeness (QED) is 0.122. The first-order valence-corrected chi connectivity index (χ1v) is 25.9. The molecule has 13 heteroatoms.